The molecular formula is C14H9BrN2O4. The molecular weight excluding hydrogens is 340 g/mol. The van der Waals surface area contributed by atoms with Gasteiger partial charge >= 0.3 is 0 Å². The van der Waals surface area contributed by atoms with Crippen LogP contribution in [0.4, 0.5) is 5.69 Å². The Morgan fingerprint density at radius 3 is 2.81 bits per heavy atom. The zero-order valence-electron chi connectivity index (χ0n) is 10.9. The molecule has 0 saturated carbocycles. The third-order valence-electron chi connectivity index (χ3n) is 2.97. The van der Waals surface area contributed by atoms with Gasteiger partial charge in [0.2, 0.25) is 5.89 Å². The number of oxazole rings is 1. The predicted molar refractivity (Wildman–Crippen MR) is 80.4 cm³/mol. The van der Waals surface area contributed by atoms with Crippen LogP contribution in [-0.2, 0) is 0 Å². The molecule has 0 saturated heterocycles. The lowest BCUT2D eigenvalue weighted by molar-refractivity contribution is -0.384. The van der Waals surface area contributed by atoms with Crippen molar-refractivity contribution in [3.05, 3.63) is 51.0 Å². The van der Waals surface area contributed by atoms with Crippen molar-refractivity contribution in [3.8, 4) is 17.2 Å². The summed E-state index contributed by atoms with van der Waals surface area (Å²) < 4.78 is 11.8. The topological polar surface area (TPSA) is 78.4 Å². The number of aromatic nitrogens is 1. The standard InChI is InChI=1S/C14H9BrN2O4/c1-20-12-4-2-8(15)6-10(12)14-16-11-7-9(17(18)19)3-5-13(11)21-14/h2-7H,1H3. The SMILES string of the molecule is COc1ccc(Br)cc1-c1nc2cc([N+](=O)[O-])ccc2o1. The van der Waals surface area contributed by atoms with Gasteiger partial charge in [-0.05, 0) is 24.3 Å². The van der Waals surface area contributed by atoms with Crippen LogP contribution >= 0.6 is 15.9 Å². The Morgan fingerprint density at radius 1 is 1.29 bits per heavy atom. The molecule has 0 aliphatic heterocycles. The fraction of sp³-hybridized carbons (Fsp3) is 0.0714. The van der Waals surface area contributed by atoms with Crippen LogP contribution in [-0.4, -0.2) is 17.0 Å². The number of nitro benzene ring substituents is 1. The third-order valence-corrected chi connectivity index (χ3v) is 3.47. The molecule has 0 N–H and O–H groups in total. The molecule has 1 heterocycles. The first-order valence-electron chi connectivity index (χ1n) is 5.97. The van der Waals surface area contributed by atoms with Crippen LogP contribution in [0.2, 0.25) is 0 Å². The number of benzene rings is 2. The Hall–Kier alpha value is -2.41. The molecule has 2 aromatic carbocycles. The quantitative estimate of drug-likeness (QED) is 0.524. The molecule has 3 rings (SSSR count). The van der Waals surface area contributed by atoms with Gasteiger partial charge in [-0.3, -0.25) is 10.1 Å². The molecule has 0 radical (unpaired) electrons. The number of ether oxygens (including phenoxy) is 1. The molecule has 21 heavy (non-hydrogen) atoms. The molecule has 0 spiro atoms. The van der Waals surface area contributed by atoms with Crippen LogP contribution in [0.1, 0.15) is 0 Å². The average molecular weight is 349 g/mol. The lowest BCUT2D eigenvalue weighted by Crippen LogP contribution is -1.88. The number of nitro groups is 1. The van der Waals surface area contributed by atoms with Gasteiger partial charge in [0.1, 0.15) is 11.3 Å². The van der Waals surface area contributed by atoms with E-state index in [0.717, 1.165) is 4.47 Å². The largest absolute Gasteiger partial charge is 0.496 e. The van der Waals surface area contributed by atoms with Crippen LogP contribution in [0, 0.1) is 10.1 Å². The fourth-order valence-electron chi connectivity index (χ4n) is 1.99. The number of non-ortho nitro benzene ring substituents is 1. The summed E-state index contributed by atoms with van der Waals surface area (Å²) in [6, 6.07) is 9.75. The Kier molecular flexibility index (Phi) is 3.34. The zero-order chi connectivity index (χ0) is 15.0. The summed E-state index contributed by atoms with van der Waals surface area (Å²) in [5.41, 5.74) is 1.56. The highest BCUT2D eigenvalue weighted by Gasteiger charge is 2.16. The van der Waals surface area contributed by atoms with E-state index in [4.69, 9.17) is 9.15 Å². The smallest absolute Gasteiger partial charge is 0.271 e. The van der Waals surface area contributed by atoms with E-state index in [2.05, 4.69) is 20.9 Å². The Labute approximate surface area is 127 Å². The Morgan fingerprint density at radius 2 is 2.10 bits per heavy atom. The summed E-state index contributed by atoms with van der Waals surface area (Å²) >= 11 is 3.38. The number of halogens is 1. The number of hydrogen-bond acceptors (Lipinski definition) is 5. The molecule has 106 valence electrons. The summed E-state index contributed by atoms with van der Waals surface area (Å²) in [4.78, 5) is 14.6. The minimum atomic E-state index is -0.465. The van der Waals surface area contributed by atoms with Crippen LogP contribution in [0.15, 0.2) is 45.3 Å². The maximum Gasteiger partial charge on any atom is 0.271 e. The minimum absolute atomic E-state index is 0.0245. The van der Waals surface area contributed by atoms with E-state index in [9.17, 15) is 10.1 Å². The molecule has 0 amide bonds. The van der Waals surface area contributed by atoms with Crippen molar-refractivity contribution in [3.63, 3.8) is 0 Å². The van der Waals surface area contributed by atoms with Crippen LogP contribution in [0.25, 0.3) is 22.6 Å². The van der Waals surface area contributed by atoms with Crippen LogP contribution in [0.5, 0.6) is 5.75 Å². The number of fused-ring (bicyclic) bond motifs is 1. The van der Waals surface area contributed by atoms with E-state index < -0.39 is 4.92 Å². The molecule has 3 aromatic rings. The van der Waals surface area contributed by atoms with Crippen molar-refractivity contribution in [2.45, 2.75) is 0 Å². The highest BCUT2D eigenvalue weighted by Crippen LogP contribution is 2.34. The first kappa shape index (κ1) is 13.6. The second-order valence-electron chi connectivity index (χ2n) is 4.27. The second-order valence-corrected chi connectivity index (χ2v) is 5.19. The normalized spacial score (nSPS) is 10.8. The Bertz CT molecular complexity index is 844. The molecule has 0 aliphatic rings. The zero-order valence-corrected chi connectivity index (χ0v) is 12.5. The van der Waals surface area contributed by atoms with E-state index in [-0.39, 0.29) is 5.69 Å². The average Bonchev–Trinajstić information content (AvgIpc) is 2.89. The second kappa shape index (κ2) is 5.17. The van der Waals surface area contributed by atoms with Gasteiger partial charge in [-0.1, -0.05) is 15.9 Å². The fourth-order valence-corrected chi connectivity index (χ4v) is 2.35. The number of rotatable bonds is 3. The molecule has 0 bridgehead atoms. The summed E-state index contributed by atoms with van der Waals surface area (Å²) in [6.07, 6.45) is 0. The van der Waals surface area contributed by atoms with E-state index in [1.807, 2.05) is 12.1 Å². The van der Waals surface area contributed by atoms with Gasteiger partial charge in [-0.2, -0.15) is 0 Å². The van der Waals surface area contributed by atoms with Gasteiger partial charge in [0.05, 0.1) is 17.6 Å². The van der Waals surface area contributed by atoms with Crippen LogP contribution < -0.4 is 4.74 Å². The molecule has 6 nitrogen and oxygen atoms in total. The van der Waals surface area contributed by atoms with E-state index in [0.29, 0.717) is 28.3 Å². The van der Waals surface area contributed by atoms with E-state index in [1.54, 1.807) is 13.2 Å². The number of hydrogen-bond donors (Lipinski definition) is 0. The van der Waals surface area contributed by atoms with Gasteiger partial charge in [-0.15, -0.1) is 0 Å². The van der Waals surface area contributed by atoms with Crippen molar-refractivity contribution < 1.29 is 14.1 Å². The first-order chi connectivity index (χ1) is 10.1. The molecule has 1 aromatic heterocycles. The predicted octanol–water partition coefficient (Wildman–Crippen LogP) is 4.17. The minimum Gasteiger partial charge on any atom is -0.496 e. The first-order valence-corrected chi connectivity index (χ1v) is 6.76. The van der Waals surface area contributed by atoms with E-state index in [1.165, 1.54) is 18.2 Å². The van der Waals surface area contributed by atoms with Gasteiger partial charge in [0.15, 0.2) is 5.58 Å². The maximum atomic E-state index is 10.8. The lowest BCUT2D eigenvalue weighted by Gasteiger charge is -2.05. The van der Waals surface area contributed by atoms with Crippen LogP contribution in [0.3, 0.4) is 0 Å². The third kappa shape index (κ3) is 2.47. The van der Waals surface area contributed by atoms with Crippen molar-refractivity contribution in [1.82, 2.24) is 4.98 Å². The Balaban J connectivity index is 2.17. The highest BCUT2D eigenvalue weighted by atomic mass is 79.9. The monoisotopic (exact) mass is 348 g/mol. The van der Waals surface area contributed by atoms with Crippen molar-refractivity contribution in [2.24, 2.45) is 0 Å². The van der Waals surface area contributed by atoms with Gasteiger partial charge < -0.3 is 9.15 Å². The summed E-state index contributed by atoms with van der Waals surface area (Å²) in [5.74, 6) is 0.961. The van der Waals surface area contributed by atoms with E-state index >= 15 is 0 Å². The van der Waals surface area contributed by atoms with Crippen molar-refractivity contribution in [1.29, 1.82) is 0 Å². The van der Waals surface area contributed by atoms with Gasteiger partial charge in [0.25, 0.3) is 5.69 Å². The molecule has 0 unspecified atom stereocenters. The number of nitrogens with zero attached hydrogens (tertiary/aromatic N) is 2. The van der Waals surface area contributed by atoms with Crippen molar-refractivity contribution >= 4 is 32.7 Å². The molecule has 7 heteroatoms. The maximum absolute atomic E-state index is 10.8. The molecule has 0 fully saturated rings. The van der Waals surface area contributed by atoms with Gasteiger partial charge in [-0.25, -0.2) is 4.98 Å². The van der Waals surface area contributed by atoms with Gasteiger partial charge in [0, 0.05) is 16.6 Å². The molecule has 0 aliphatic carbocycles. The van der Waals surface area contributed by atoms with Crippen molar-refractivity contribution in [2.75, 3.05) is 7.11 Å². The highest BCUT2D eigenvalue weighted by molar-refractivity contribution is 9.10. The summed E-state index contributed by atoms with van der Waals surface area (Å²) in [6.45, 7) is 0. The number of methoxy groups -OCH3 is 1. The lowest BCUT2D eigenvalue weighted by atomic mass is 10.2. The summed E-state index contributed by atoms with van der Waals surface area (Å²) in [7, 11) is 1.56. The summed E-state index contributed by atoms with van der Waals surface area (Å²) in [5, 5.41) is 10.8. The molecule has 0 atom stereocenters.